The molecule has 2 aliphatic heterocycles. The van der Waals surface area contributed by atoms with Crippen molar-refractivity contribution in [2.75, 3.05) is 0 Å². The fraction of sp³-hybridized carbons (Fsp3) is 0.500. The molecule has 11 heavy (non-hydrogen) atoms. The van der Waals surface area contributed by atoms with Crippen molar-refractivity contribution in [2.24, 2.45) is 5.11 Å². The van der Waals surface area contributed by atoms with E-state index in [4.69, 9.17) is 0 Å². The first-order valence-corrected chi connectivity index (χ1v) is 3.88. The van der Waals surface area contributed by atoms with E-state index in [1.54, 1.807) is 0 Å². The normalized spacial score (nSPS) is 34.7. The van der Waals surface area contributed by atoms with Gasteiger partial charge in [-0.25, -0.2) is 0 Å². The van der Waals surface area contributed by atoms with Crippen molar-refractivity contribution in [1.82, 2.24) is 0 Å². The molecule has 3 rings (SSSR count). The number of hydrogen-bond donors (Lipinski definition) is 0. The lowest BCUT2D eigenvalue weighted by atomic mass is 10.0. The van der Waals surface area contributed by atoms with Gasteiger partial charge in [0.2, 0.25) is 6.04 Å². The van der Waals surface area contributed by atoms with E-state index >= 15 is 0 Å². The van der Waals surface area contributed by atoms with Crippen LogP contribution in [0.2, 0.25) is 0 Å². The smallest absolute Gasteiger partial charge is 0.208 e. The maximum absolute atomic E-state index is 11.1. The van der Waals surface area contributed by atoms with E-state index in [-0.39, 0.29) is 12.1 Å². The van der Waals surface area contributed by atoms with Gasteiger partial charge in [0.25, 0.3) is 0 Å². The van der Waals surface area contributed by atoms with Crippen molar-refractivity contribution < 1.29 is 4.86 Å². The van der Waals surface area contributed by atoms with Crippen LogP contribution in [0.1, 0.15) is 12.8 Å². The lowest BCUT2D eigenvalue weighted by Gasteiger charge is -2.19. The summed E-state index contributed by atoms with van der Waals surface area (Å²) in [5.41, 5.74) is 0. The number of azo groups is 1. The van der Waals surface area contributed by atoms with E-state index in [1.807, 2.05) is 24.3 Å². The first-order chi connectivity index (χ1) is 5.36. The minimum absolute atomic E-state index is 0.0174. The van der Waals surface area contributed by atoms with Gasteiger partial charge in [-0.1, -0.05) is 23.1 Å². The van der Waals surface area contributed by atoms with Gasteiger partial charge in [-0.05, 0) is 17.6 Å². The zero-order valence-corrected chi connectivity index (χ0v) is 6.18. The summed E-state index contributed by atoms with van der Waals surface area (Å²) in [7, 11) is 0. The zero-order chi connectivity index (χ0) is 7.68. The molecule has 2 unspecified atom stereocenters. The fourth-order valence-corrected chi connectivity index (χ4v) is 1.43. The monoisotopic (exact) mass is 150 g/mol. The average molecular weight is 150 g/mol. The quantitative estimate of drug-likeness (QED) is 0.382. The largest absolute Gasteiger partial charge is 0.599 e. The summed E-state index contributed by atoms with van der Waals surface area (Å²) >= 11 is 0. The Morgan fingerprint density at radius 3 is 2.91 bits per heavy atom. The van der Waals surface area contributed by atoms with Gasteiger partial charge in [0.1, 0.15) is 6.04 Å². The molecule has 0 saturated carbocycles. The van der Waals surface area contributed by atoms with Crippen molar-refractivity contribution >= 4 is 0 Å². The molecule has 0 fully saturated rings. The second-order valence-corrected chi connectivity index (χ2v) is 2.90. The summed E-state index contributed by atoms with van der Waals surface area (Å²) in [4.78, 5) is 0.828. The van der Waals surface area contributed by atoms with Crippen LogP contribution < -0.4 is 0 Å². The molecule has 3 heteroatoms. The molecule has 0 radical (unpaired) electrons. The maximum atomic E-state index is 11.1. The molecular formula is C8H10N2O. The number of fused-ring (bicyclic) bond motifs is 2. The number of hydrogen-bond acceptors (Lipinski definition) is 2. The highest BCUT2D eigenvalue weighted by Crippen LogP contribution is 2.18. The van der Waals surface area contributed by atoms with Crippen LogP contribution in [-0.2, 0) is 0 Å². The van der Waals surface area contributed by atoms with Crippen molar-refractivity contribution in [2.45, 2.75) is 24.9 Å². The van der Waals surface area contributed by atoms with E-state index < -0.39 is 0 Å². The van der Waals surface area contributed by atoms with Crippen molar-refractivity contribution in [3.05, 3.63) is 29.5 Å². The molecule has 3 nitrogen and oxygen atoms in total. The molecular weight excluding hydrogens is 140 g/mol. The van der Waals surface area contributed by atoms with Crippen LogP contribution in [0.4, 0.5) is 0 Å². The SMILES string of the molecule is [O-][N+]1=NC2C=CC=CC1CC2. The third-order valence-corrected chi connectivity index (χ3v) is 2.08. The first kappa shape index (κ1) is 6.58. The predicted octanol–water partition coefficient (Wildman–Crippen LogP) is 1.61. The average Bonchev–Trinajstić information content (AvgIpc) is 1.92. The van der Waals surface area contributed by atoms with Crippen molar-refractivity contribution in [1.29, 1.82) is 0 Å². The molecule has 1 aliphatic carbocycles. The van der Waals surface area contributed by atoms with Crippen LogP contribution in [0.25, 0.3) is 0 Å². The molecule has 2 heterocycles. The van der Waals surface area contributed by atoms with E-state index in [2.05, 4.69) is 5.11 Å². The van der Waals surface area contributed by atoms with Gasteiger partial charge in [-0.2, -0.15) is 0 Å². The fourth-order valence-electron chi connectivity index (χ4n) is 1.43. The Hall–Kier alpha value is -1.12. The van der Waals surface area contributed by atoms with Gasteiger partial charge in [-0.3, -0.25) is 0 Å². The molecule has 2 atom stereocenters. The molecule has 0 aromatic rings. The minimum atomic E-state index is -0.0174. The van der Waals surface area contributed by atoms with E-state index in [0.29, 0.717) is 0 Å². The predicted molar refractivity (Wildman–Crippen MR) is 41.1 cm³/mol. The Kier molecular flexibility index (Phi) is 1.49. The second kappa shape index (κ2) is 2.49. The van der Waals surface area contributed by atoms with Gasteiger partial charge >= 0.3 is 0 Å². The third-order valence-electron chi connectivity index (χ3n) is 2.08. The molecule has 3 aliphatic rings. The number of hydroxylamine groups is 1. The molecule has 0 amide bonds. The molecule has 2 bridgehead atoms. The Morgan fingerprint density at radius 2 is 2.09 bits per heavy atom. The lowest BCUT2D eigenvalue weighted by Crippen LogP contribution is -2.27. The van der Waals surface area contributed by atoms with Gasteiger partial charge in [-0.15, -0.1) is 0 Å². The summed E-state index contributed by atoms with van der Waals surface area (Å²) in [6, 6.07) is 0.102. The van der Waals surface area contributed by atoms with E-state index in [9.17, 15) is 5.21 Å². The summed E-state index contributed by atoms with van der Waals surface area (Å²) in [6.45, 7) is 0. The highest BCUT2D eigenvalue weighted by atomic mass is 16.5. The standard InChI is InChI=1S/C8H10N2O/c11-10-8-4-2-1-3-7(9-10)5-6-8/h1-4,7-8H,5-6H2. The van der Waals surface area contributed by atoms with Crippen LogP contribution in [-0.4, -0.2) is 16.9 Å². The third kappa shape index (κ3) is 1.18. The van der Waals surface area contributed by atoms with Gasteiger partial charge in [0.15, 0.2) is 0 Å². The minimum Gasteiger partial charge on any atom is -0.599 e. The number of allylic oxidation sites excluding steroid dienone is 2. The summed E-state index contributed by atoms with van der Waals surface area (Å²) in [5.74, 6) is 0. The molecule has 0 N–H and O–H groups in total. The van der Waals surface area contributed by atoms with Crippen LogP contribution in [0.15, 0.2) is 29.4 Å². The van der Waals surface area contributed by atoms with Gasteiger partial charge < -0.3 is 5.21 Å². The zero-order valence-electron chi connectivity index (χ0n) is 6.18. The Labute approximate surface area is 65.3 Å². The first-order valence-electron chi connectivity index (χ1n) is 3.88. The van der Waals surface area contributed by atoms with Crippen LogP contribution >= 0.6 is 0 Å². The number of rotatable bonds is 0. The molecule has 0 aromatic carbocycles. The van der Waals surface area contributed by atoms with Crippen molar-refractivity contribution in [3.8, 4) is 0 Å². The summed E-state index contributed by atoms with van der Waals surface area (Å²) in [6.07, 6.45) is 9.70. The molecule has 58 valence electrons. The van der Waals surface area contributed by atoms with Gasteiger partial charge in [0, 0.05) is 6.42 Å². The molecule has 0 saturated heterocycles. The Balaban J connectivity index is 2.36. The lowest BCUT2D eigenvalue weighted by molar-refractivity contribution is -0.567. The summed E-state index contributed by atoms with van der Waals surface area (Å²) < 4.78 is 0. The Bertz CT molecular complexity index is 242. The molecule has 0 aromatic heterocycles. The highest BCUT2D eigenvalue weighted by Gasteiger charge is 2.24. The summed E-state index contributed by atoms with van der Waals surface area (Å²) in [5, 5.41) is 15.0. The van der Waals surface area contributed by atoms with Crippen LogP contribution in [0.3, 0.4) is 0 Å². The maximum Gasteiger partial charge on any atom is 0.208 e. The highest BCUT2D eigenvalue weighted by molar-refractivity contribution is 5.11. The number of nitrogens with zero attached hydrogens (tertiary/aromatic N) is 2. The van der Waals surface area contributed by atoms with E-state index in [0.717, 1.165) is 17.7 Å². The molecule has 0 spiro atoms. The van der Waals surface area contributed by atoms with Crippen molar-refractivity contribution in [3.63, 3.8) is 0 Å². The Morgan fingerprint density at radius 1 is 1.27 bits per heavy atom. The van der Waals surface area contributed by atoms with E-state index in [1.165, 1.54) is 0 Å². The van der Waals surface area contributed by atoms with Crippen LogP contribution in [0.5, 0.6) is 0 Å². The van der Waals surface area contributed by atoms with Crippen LogP contribution in [0, 0.1) is 5.21 Å². The second-order valence-electron chi connectivity index (χ2n) is 2.90. The topological polar surface area (TPSA) is 38.4 Å². The van der Waals surface area contributed by atoms with Gasteiger partial charge in [0.05, 0.1) is 0 Å².